The minimum absolute atomic E-state index is 0.0214. The number of carbonyl (C=O) groups is 1. The van der Waals surface area contributed by atoms with Crippen molar-refractivity contribution < 1.29 is 14.3 Å². The summed E-state index contributed by atoms with van der Waals surface area (Å²) in [7, 11) is 0. The normalized spacial score (nSPS) is 20.7. The number of amides is 1. The molecule has 0 saturated carbocycles. The van der Waals surface area contributed by atoms with Crippen LogP contribution in [0.25, 0.3) is 16.7 Å². The molecule has 2 N–H and O–H groups in total. The maximum atomic E-state index is 13.2. The first-order valence-corrected chi connectivity index (χ1v) is 10.8. The zero-order valence-electron chi connectivity index (χ0n) is 17.6. The van der Waals surface area contributed by atoms with Gasteiger partial charge in [-0.15, -0.1) is 0 Å². The van der Waals surface area contributed by atoms with Gasteiger partial charge < -0.3 is 15.3 Å². The number of carbonyl (C=O) groups excluding carboxylic acids is 1. The summed E-state index contributed by atoms with van der Waals surface area (Å²) in [5, 5.41) is 18.9. The highest BCUT2D eigenvalue weighted by Crippen LogP contribution is 2.26. The molecule has 2 aromatic heterocycles. The zero-order chi connectivity index (χ0) is 22.3. The Bertz CT molecular complexity index is 1190. The first kappa shape index (κ1) is 20.8. The molecule has 2 fully saturated rings. The van der Waals surface area contributed by atoms with E-state index in [1.165, 1.54) is 33.9 Å². The van der Waals surface area contributed by atoms with Crippen LogP contribution in [0.5, 0.6) is 0 Å². The maximum absolute atomic E-state index is 13.2. The van der Waals surface area contributed by atoms with Crippen molar-refractivity contribution in [3.05, 3.63) is 53.0 Å². The van der Waals surface area contributed by atoms with Crippen LogP contribution >= 0.6 is 0 Å². The van der Waals surface area contributed by atoms with E-state index in [4.69, 9.17) is 0 Å². The van der Waals surface area contributed by atoms with Gasteiger partial charge in [-0.3, -0.25) is 14.2 Å². The van der Waals surface area contributed by atoms with Crippen molar-refractivity contribution in [2.24, 2.45) is 5.92 Å². The first-order chi connectivity index (χ1) is 15.4. The number of piperidine rings is 1. The molecule has 1 aromatic carbocycles. The van der Waals surface area contributed by atoms with E-state index in [0.717, 1.165) is 13.0 Å². The van der Waals surface area contributed by atoms with Gasteiger partial charge in [-0.25, -0.2) is 14.1 Å². The molecule has 10 heteroatoms. The number of halogens is 1. The Kier molecular flexibility index (Phi) is 5.26. The monoisotopic (exact) mass is 440 g/mol. The molecular weight excluding hydrogens is 415 g/mol. The van der Waals surface area contributed by atoms with Crippen LogP contribution in [0.2, 0.25) is 0 Å². The van der Waals surface area contributed by atoms with Crippen molar-refractivity contribution >= 4 is 16.9 Å². The van der Waals surface area contributed by atoms with Crippen LogP contribution in [0, 0.1) is 11.7 Å². The molecule has 5 rings (SSSR count). The molecule has 2 aliphatic heterocycles. The van der Waals surface area contributed by atoms with Gasteiger partial charge in [0.1, 0.15) is 17.5 Å². The van der Waals surface area contributed by atoms with Crippen molar-refractivity contribution in [3.63, 3.8) is 0 Å². The van der Waals surface area contributed by atoms with E-state index < -0.39 is 5.60 Å². The van der Waals surface area contributed by atoms with Crippen LogP contribution in [0.1, 0.15) is 19.3 Å². The van der Waals surface area contributed by atoms with E-state index in [-0.39, 0.29) is 29.7 Å². The van der Waals surface area contributed by atoms with Gasteiger partial charge in [0.25, 0.3) is 5.56 Å². The van der Waals surface area contributed by atoms with Gasteiger partial charge in [-0.1, -0.05) is 0 Å². The Hall–Kier alpha value is -3.11. The second kappa shape index (κ2) is 8.10. The van der Waals surface area contributed by atoms with E-state index in [0.29, 0.717) is 49.2 Å². The number of aromatic nitrogens is 4. The van der Waals surface area contributed by atoms with Crippen LogP contribution in [-0.2, 0) is 11.3 Å². The average molecular weight is 440 g/mol. The van der Waals surface area contributed by atoms with Crippen molar-refractivity contribution in [1.82, 2.24) is 29.5 Å². The fourth-order valence-electron chi connectivity index (χ4n) is 4.57. The molecule has 3 aromatic rings. The van der Waals surface area contributed by atoms with Gasteiger partial charge in [0.15, 0.2) is 5.65 Å². The summed E-state index contributed by atoms with van der Waals surface area (Å²) < 4.78 is 16.1. The summed E-state index contributed by atoms with van der Waals surface area (Å²) in [6.45, 7) is 2.62. The van der Waals surface area contributed by atoms with Crippen LogP contribution in [-0.4, -0.2) is 67.0 Å². The molecule has 168 valence electrons. The topological polar surface area (TPSA) is 105 Å². The van der Waals surface area contributed by atoms with Crippen molar-refractivity contribution in [3.8, 4) is 5.69 Å². The maximum Gasteiger partial charge on any atom is 0.264 e. The molecule has 1 atom stereocenters. The van der Waals surface area contributed by atoms with Gasteiger partial charge in [0, 0.05) is 19.6 Å². The molecule has 0 unspecified atom stereocenters. The summed E-state index contributed by atoms with van der Waals surface area (Å²) in [5.74, 6) is -0.194. The number of nitrogens with zero attached hydrogens (tertiary/aromatic N) is 5. The molecule has 0 aliphatic carbocycles. The average Bonchev–Trinajstić information content (AvgIpc) is 3.47. The van der Waals surface area contributed by atoms with E-state index in [2.05, 4.69) is 15.4 Å². The summed E-state index contributed by atoms with van der Waals surface area (Å²) in [4.78, 5) is 31.8. The SMILES string of the molecule is O=C([C@H]1CCNC1)N1CCC(O)(Cn2cnc3c(cnn3-c3ccc(F)cc3)c2=O)CC1. The summed E-state index contributed by atoms with van der Waals surface area (Å²) in [5.41, 5.74) is -0.418. The third-order valence-electron chi connectivity index (χ3n) is 6.51. The van der Waals surface area contributed by atoms with Crippen molar-refractivity contribution in [2.45, 2.75) is 31.4 Å². The fraction of sp³-hybridized carbons (Fsp3) is 0.455. The van der Waals surface area contributed by atoms with Gasteiger partial charge >= 0.3 is 0 Å². The Morgan fingerprint density at radius 2 is 2.00 bits per heavy atom. The second-order valence-corrected chi connectivity index (χ2v) is 8.69. The molecular formula is C22H25FN6O3. The molecule has 0 radical (unpaired) electrons. The highest BCUT2D eigenvalue weighted by atomic mass is 19.1. The number of aliphatic hydroxyl groups is 1. The van der Waals surface area contributed by atoms with Crippen molar-refractivity contribution in [1.29, 1.82) is 0 Å². The lowest BCUT2D eigenvalue weighted by Gasteiger charge is -2.39. The van der Waals surface area contributed by atoms with E-state index in [9.17, 15) is 19.1 Å². The lowest BCUT2D eigenvalue weighted by Crippen LogP contribution is -2.51. The quantitative estimate of drug-likeness (QED) is 0.618. The lowest BCUT2D eigenvalue weighted by molar-refractivity contribution is -0.139. The van der Waals surface area contributed by atoms with Gasteiger partial charge in [-0.05, 0) is 50.1 Å². The van der Waals surface area contributed by atoms with E-state index >= 15 is 0 Å². The summed E-state index contributed by atoms with van der Waals surface area (Å²) >= 11 is 0. The number of hydrogen-bond acceptors (Lipinski definition) is 6. The summed E-state index contributed by atoms with van der Waals surface area (Å²) in [6.07, 6.45) is 4.50. The van der Waals surface area contributed by atoms with Gasteiger partial charge in [0.2, 0.25) is 5.91 Å². The number of benzene rings is 1. The Morgan fingerprint density at radius 3 is 2.69 bits per heavy atom. The number of nitrogens with one attached hydrogen (secondary N) is 1. The zero-order valence-corrected chi connectivity index (χ0v) is 17.6. The molecule has 2 saturated heterocycles. The molecule has 2 aliphatic rings. The molecule has 9 nitrogen and oxygen atoms in total. The molecule has 0 spiro atoms. The fourth-order valence-corrected chi connectivity index (χ4v) is 4.57. The van der Waals surface area contributed by atoms with Crippen molar-refractivity contribution in [2.75, 3.05) is 26.2 Å². The highest BCUT2D eigenvalue weighted by molar-refractivity contribution is 5.79. The standard InChI is InChI=1S/C22H25FN6O3/c23-16-1-3-17(4-2-16)29-19-18(12-26-29)21(31)28(14-25-19)13-22(32)6-9-27(10-7-22)20(30)15-5-8-24-11-15/h1-4,12,14-15,24,32H,5-11,13H2/t15-/m0/s1. The third-order valence-corrected chi connectivity index (χ3v) is 6.51. The number of fused-ring (bicyclic) bond motifs is 1. The molecule has 4 heterocycles. The first-order valence-electron chi connectivity index (χ1n) is 10.8. The number of rotatable bonds is 4. The van der Waals surface area contributed by atoms with Crippen LogP contribution in [0.15, 0.2) is 41.6 Å². The van der Waals surface area contributed by atoms with Crippen LogP contribution in [0.3, 0.4) is 0 Å². The number of hydrogen-bond donors (Lipinski definition) is 2. The predicted molar refractivity (Wildman–Crippen MR) is 115 cm³/mol. The second-order valence-electron chi connectivity index (χ2n) is 8.69. The lowest BCUT2D eigenvalue weighted by atomic mass is 9.90. The van der Waals surface area contributed by atoms with Gasteiger partial charge in [-0.2, -0.15) is 5.10 Å². The van der Waals surface area contributed by atoms with Crippen LogP contribution in [0.4, 0.5) is 4.39 Å². The Balaban J connectivity index is 1.32. The molecule has 32 heavy (non-hydrogen) atoms. The molecule has 1 amide bonds. The molecule has 0 bridgehead atoms. The van der Waals surface area contributed by atoms with E-state index in [1.54, 1.807) is 12.1 Å². The number of likely N-dealkylation sites (tertiary alicyclic amines) is 1. The Labute approximate surface area is 183 Å². The van der Waals surface area contributed by atoms with E-state index in [1.807, 2.05) is 4.90 Å². The summed E-state index contributed by atoms with van der Waals surface area (Å²) in [6, 6.07) is 5.77. The Morgan fingerprint density at radius 1 is 1.25 bits per heavy atom. The third kappa shape index (κ3) is 3.80. The minimum atomic E-state index is -1.09. The minimum Gasteiger partial charge on any atom is -0.388 e. The predicted octanol–water partition coefficient (Wildman–Crippen LogP) is 0.684. The largest absolute Gasteiger partial charge is 0.388 e. The highest BCUT2D eigenvalue weighted by Gasteiger charge is 2.37. The smallest absolute Gasteiger partial charge is 0.264 e. The van der Waals surface area contributed by atoms with Crippen LogP contribution < -0.4 is 10.9 Å². The van der Waals surface area contributed by atoms with Gasteiger partial charge in [0.05, 0.1) is 29.9 Å².